The van der Waals surface area contributed by atoms with Crippen LogP contribution in [0.5, 0.6) is 0 Å². The number of hydrogen-bond donors (Lipinski definition) is 2. The van der Waals surface area contributed by atoms with Crippen LogP contribution in [0.1, 0.15) is 12.8 Å². The molecule has 0 aromatic carbocycles. The molecule has 6 nitrogen and oxygen atoms in total. The lowest BCUT2D eigenvalue weighted by atomic mass is 10.3. The van der Waals surface area contributed by atoms with Crippen molar-refractivity contribution in [2.24, 2.45) is 0 Å². The number of carbonyl (C=O) groups is 1. The molecule has 0 rings (SSSR count). The van der Waals surface area contributed by atoms with E-state index in [-0.39, 0.29) is 25.9 Å². The Morgan fingerprint density at radius 1 is 1.40 bits per heavy atom. The van der Waals surface area contributed by atoms with Crippen molar-refractivity contribution in [3.8, 4) is 11.8 Å². The molecule has 0 aliphatic carbocycles. The van der Waals surface area contributed by atoms with E-state index in [1.807, 2.05) is 0 Å². The SMILES string of the molecule is O=COS(=O)(=O)CC(O)CC#CCCO. The van der Waals surface area contributed by atoms with Gasteiger partial charge in [-0.25, -0.2) is 0 Å². The molecule has 2 N–H and O–H groups in total. The van der Waals surface area contributed by atoms with Crippen LogP contribution in [-0.4, -0.2) is 43.6 Å². The first-order chi connectivity index (χ1) is 7.02. The van der Waals surface area contributed by atoms with Crippen LogP contribution in [0.4, 0.5) is 0 Å². The van der Waals surface area contributed by atoms with E-state index in [1.54, 1.807) is 0 Å². The van der Waals surface area contributed by atoms with Gasteiger partial charge in [-0.2, -0.15) is 8.42 Å². The summed E-state index contributed by atoms with van der Waals surface area (Å²) < 4.78 is 25.4. The third-order valence-electron chi connectivity index (χ3n) is 1.28. The molecule has 0 bridgehead atoms. The van der Waals surface area contributed by atoms with E-state index >= 15 is 0 Å². The zero-order chi connectivity index (χ0) is 11.7. The minimum Gasteiger partial charge on any atom is -0.395 e. The maximum atomic E-state index is 10.8. The van der Waals surface area contributed by atoms with Gasteiger partial charge in [0.2, 0.25) is 0 Å². The Balaban J connectivity index is 3.99. The molecule has 1 unspecified atom stereocenters. The summed E-state index contributed by atoms with van der Waals surface area (Å²) in [7, 11) is -4.01. The topological polar surface area (TPSA) is 101 Å². The normalized spacial score (nSPS) is 12.4. The minimum atomic E-state index is -4.01. The molecule has 0 saturated carbocycles. The first-order valence-corrected chi connectivity index (χ1v) is 5.69. The maximum absolute atomic E-state index is 10.8. The first kappa shape index (κ1) is 13.9. The molecule has 0 aromatic rings. The number of carbonyl (C=O) groups excluding carboxylic acids is 1. The highest BCUT2D eigenvalue weighted by molar-refractivity contribution is 7.87. The smallest absolute Gasteiger partial charge is 0.314 e. The minimum absolute atomic E-state index is 0.0541. The number of aliphatic hydroxyl groups is 2. The van der Waals surface area contributed by atoms with E-state index in [0.717, 1.165) is 0 Å². The third-order valence-corrected chi connectivity index (χ3v) is 2.45. The lowest BCUT2D eigenvalue weighted by Gasteiger charge is -2.05. The summed E-state index contributed by atoms with van der Waals surface area (Å²) in [6.45, 7) is -0.296. The second-order valence-corrected chi connectivity index (χ2v) is 4.24. The summed E-state index contributed by atoms with van der Waals surface area (Å²) in [6.07, 6.45) is -0.993. The predicted octanol–water partition coefficient (Wildman–Crippen LogP) is -1.37. The standard InChI is InChI=1S/C8H12O6S/c9-5-3-1-2-4-8(11)6-15(12,13)14-7-10/h7-9,11H,3-6H2. The zero-order valence-electron chi connectivity index (χ0n) is 7.92. The third kappa shape index (κ3) is 7.93. The van der Waals surface area contributed by atoms with Crippen LogP contribution >= 0.6 is 0 Å². The van der Waals surface area contributed by atoms with Gasteiger partial charge in [0.1, 0.15) is 5.75 Å². The monoisotopic (exact) mass is 236 g/mol. The van der Waals surface area contributed by atoms with Crippen LogP contribution in [0.25, 0.3) is 0 Å². The molecule has 0 spiro atoms. The summed E-state index contributed by atoms with van der Waals surface area (Å²) in [4.78, 5) is 9.76. The molecule has 1 atom stereocenters. The molecule has 0 heterocycles. The van der Waals surface area contributed by atoms with Gasteiger partial charge in [-0.3, -0.25) is 4.79 Å². The van der Waals surface area contributed by atoms with Gasteiger partial charge in [-0.05, 0) is 0 Å². The molecular formula is C8H12O6S. The van der Waals surface area contributed by atoms with Gasteiger partial charge in [0.05, 0.1) is 12.7 Å². The van der Waals surface area contributed by atoms with Gasteiger partial charge in [-0.1, -0.05) is 0 Å². The molecular weight excluding hydrogens is 224 g/mol. The predicted molar refractivity (Wildman–Crippen MR) is 51.0 cm³/mol. The molecule has 0 aromatic heterocycles. The number of rotatable bonds is 6. The Bertz CT molecular complexity index is 336. The van der Waals surface area contributed by atoms with Crippen LogP contribution in [0.3, 0.4) is 0 Å². The Labute approximate surface area is 88.0 Å². The van der Waals surface area contributed by atoms with Gasteiger partial charge in [0.15, 0.2) is 0 Å². The van der Waals surface area contributed by atoms with E-state index in [2.05, 4.69) is 16.0 Å². The van der Waals surface area contributed by atoms with Crippen LogP contribution < -0.4 is 0 Å². The molecule has 15 heavy (non-hydrogen) atoms. The summed E-state index contributed by atoms with van der Waals surface area (Å²) in [5.41, 5.74) is 0. The lowest BCUT2D eigenvalue weighted by Crippen LogP contribution is -2.21. The summed E-state index contributed by atoms with van der Waals surface area (Å²) in [5, 5.41) is 17.5. The summed E-state index contributed by atoms with van der Waals surface area (Å²) in [5.74, 6) is 4.32. The quantitative estimate of drug-likeness (QED) is 0.335. The Morgan fingerprint density at radius 2 is 2.07 bits per heavy atom. The molecule has 7 heteroatoms. The van der Waals surface area contributed by atoms with Crippen molar-refractivity contribution in [2.45, 2.75) is 18.9 Å². The highest BCUT2D eigenvalue weighted by atomic mass is 32.2. The highest BCUT2D eigenvalue weighted by Crippen LogP contribution is 1.98. The van der Waals surface area contributed by atoms with E-state index in [9.17, 15) is 18.3 Å². The fourth-order valence-corrected chi connectivity index (χ4v) is 1.52. The molecule has 0 aliphatic rings. The Morgan fingerprint density at radius 3 is 2.60 bits per heavy atom. The second-order valence-electron chi connectivity index (χ2n) is 2.60. The van der Waals surface area contributed by atoms with E-state index in [0.29, 0.717) is 0 Å². The van der Waals surface area contributed by atoms with E-state index in [1.165, 1.54) is 0 Å². The number of hydrogen-bond acceptors (Lipinski definition) is 6. The van der Waals surface area contributed by atoms with Crippen molar-refractivity contribution in [1.82, 2.24) is 0 Å². The highest BCUT2D eigenvalue weighted by Gasteiger charge is 2.17. The maximum Gasteiger partial charge on any atom is 0.314 e. The van der Waals surface area contributed by atoms with E-state index in [4.69, 9.17) is 5.11 Å². The van der Waals surface area contributed by atoms with Crippen molar-refractivity contribution in [2.75, 3.05) is 12.4 Å². The van der Waals surface area contributed by atoms with Crippen molar-refractivity contribution in [1.29, 1.82) is 0 Å². The van der Waals surface area contributed by atoms with Crippen LogP contribution in [0.15, 0.2) is 0 Å². The molecule has 0 saturated heterocycles. The molecule has 0 amide bonds. The van der Waals surface area contributed by atoms with Gasteiger partial charge < -0.3 is 14.4 Å². The molecule has 0 fully saturated rings. The van der Waals surface area contributed by atoms with Crippen LogP contribution in [-0.2, 0) is 19.1 Å². The van der Waals surface area contributed by atoms with Crippen molar-refractivity contribution >= 4 is 16.6 Å². The van der Waals surface area contributed by atoms with Crippen LogP contribution in [0.2, 0.25) is 0 Å². The molecule has 0 radical (unpaired) electrons. The molecule has 0 aliphatic heterocycles. The van der Waals surface area contributed by atoms with Gasteiger partial charge in [0, 0.05) is 12.8 Å². The van der Waals surface area contributed by atoms with Crippen LogP contribution in [0, 0.1) is 11.8 Å². The van der Waals surface area contributed by atoms with Gasteiger partial charge in [0.25, 0.3) is 0 Å². The van der Waals surface area contributed by atoms with E-state index < -0.39 is 22.0 Å². The van der Waals surface area contributed by atoms with Crippen molar-refractivity contribution in [3.63, 3.8) is 0 Å². The first-order valence-electron chi connectivity index (χ1n) is 4.11. The Hall–Kier alpha value is -1.10. The van der Waals surface area contributed by atoms with Crippen molar-refractivity contribution < 1.29 is 27.6 Å². The molecule has 86 valence electrons. The summed E-state index contributed by atoms with van der Waals surface area (Å²) in [6, 6.07) is 0. The summed E-state index contributed by atoms with van der Waals surface area (Å²) >= 11 is 0. The zero-order valence-corrected chi connectivity index (χ0v) is 8.74. The second kappa shape index (κ2) is 7.23. The largest absolute Gasteiger partial charge is 0.395 e. The van der Waals surface area contributed by atoms with Gasteiger partial charge >= 0.3 is 16.6 Å². The Kier molecular flexibility index (Phi) is 6.70. The van der Waals surface area contributed by atoms with Gasteiger partial charge in [-0.15, -0.1) is 11.8 Å². The fraction of sp³-hybridized carbons (Fsp3) is 0.625. The van der Waals surface area contributed by atoms with Crippen molar-refractivity contribution in [3.05, 3.63) is 0 Å². The lowest BCUT2D eigenvalue weighted by molar-refractivity contribution is -0.120. The average molecular weight is 236 g/mol. The number of aliphatic hydroxyl groups excluding tert-OH is 2. The fourth-order valence-electron chi connectivity index (χ4n) is 0.728. The average Bonchev–Trinajstić information content (AvgIpc) is 2.11.